The number of Topliss-reactive ketones (excluding diaryl/α,β-unsaturated/α-hetero) is 2. The lowest BCUT2D eigenvalue weighted by Gasteiger charge is -2.25. The predicted octanol–water partition coefficient (Wildman–Crippen LogP) is 11.7. The van der Waals surface area contributed by atoms with Crippen LogP contribution in [-0.4, -0.2) is 128 Å². The summed E-state index contributed by atoms with van der Waals surface area (Å²) in [5.74, 6) is -2.14. The number of rotatable bonds is 35. The third-order valence-electron chi connectivity index (χ3n) is 12.1. The van der Waals surface area contributed by atoms with Gasteiger partial charge in [-0.05, 0) is 168 Å². The number of hydrogen-bond donors (Lipinski definition) is 3. The Morgan fingerprint density at radius 1 is 0.437 bits per heavy atom. The van der Waals surface area contributed by atoms with E-state index in [-0.39, 0.29) is 73.5 Å². The number of carbonyl (C=O) groups excluding carboxylic acids is 5. The van der Waals surface area contributed by atoms with Crippen LogP contribution < -0.4 is 20.5 Å². The number of aliphatic carboxylic acids is 1. The lowest BCUT2D eigenvalue weighted by atomic mass is 9.90. The van der Waals surface area contributed by atoms with Crippen LogP contribution in [0.2, 0.25) is 0 Å². The zero-order valence-corrected chi connectivity index (χ0v) is 54.7. The zero-order valence-electron chi connectivity index (χ0n) is 54.7. The van der Waals surface area contributed by atoms with E-state index in [1.165, 1.54) is 0 Å². The van der Waals surface area contributed by atoms with Gasteiger partial charge in [0.05, 0.1) is 70.0 Å². The fourth-order valence-corrected chi connectivity index (χ4v) is 8.29. The van der Waals surface area contributed by atoms with Crippen LogP contribution in [0.25, 0.3) is 0 Å². The van der Waals surface area contributed by atoms with Crippen molar-refractivity contribution in [2.75, 3.05) is 52.9 Å². The first-order valence-electron chi connectivity index (χ1n) is 30.6. The molecule has 0 radical (unpaired) electrons. The number of amides is 1. The van der Waals surface area contributed by atoms with E-state index in [1.807, 2.05) is 185 Å². The quantitative estimate of drug-likeness (QED) is 0.0287. The summed E-state index contributed by atoms with van der Waals surface area (Å²) in [5.41, 5.74) is 7.95. The molecule has 4 atom stereocenters. The van der Waals surface area contributed by atoms with E-state index in [1.54, 1.807) is 20.8 Å². The molecule has 0 aliphatic rings. The van der Waals surface area contributed by atoms with Gasteiger partial charge in [-0.15, -0.1) is 0 Å². The molecule has 0 aliphatic carbocycles. The molecule has 0 aromatic heterocycles. The van der Waals surface area contributed by atoms with E-state index in [0.717, 1.165) is 53.2 Å². The Morgan fingerprint density at radius 2 is 0.793 bits per heavy atom. The average molecular weight is 1210 g/mol. The average Bonchev–Trinajstić information content (AvgIpc) is 3.02. The molecule has 4 N–H and O–H groups in total. The highest BCUT2D eigenvalue weighted by Gasteiger charge is 2.32. The summed E-state index contributed by atoms with van der Waals surface area (Å²) < 4.78 is 44.1. The van der Waals surface area contributed by atoms with Crippen molar-refractivity contribution in [2.24, 2.45) is 17.6 Å². The molecule has 17 nitrogen and oxygen atoms in total. The second-order valence-electron chi connectivity index (χ2n) is 25.4. The molecule has 0 bridgehead atoms. The van der Waals surface area contributed by atoms with Crippen molar-refractivity contribution in [1.29, 1.82) is 0 Å². The molecule has 0 unspecified atom stereocenters. The monoisotopic (exact) mass is 1210 g/mol. The number of esters is 2. The van der Waals surface area contributed by atoms with E-state index in [2.05, 4.69) is 5.32 Å². The first-order valence-corrected chi connectivity index (χ1v) is 30.6. The van der Waals surface area contributed by atoms with E-state index < -0.39 is 47.1 Å². The van der Waals surface area contributed by atoms with Crippen LogP contribution in [0, 0.1) is 11.8 Å². The number of benzene rings is 4. The Hall–Kier alpha value is -6.50. The van der Waals surface area contributed by atoms with Gasteiger partial charge in [0.15, 0.2) is 11.6 Å². The van der Waals surface area contributed by atoms with Gasteiger partial charge < -0.3 is 54.1 Å². The molecular formula is C70H104N2O15. The summed E-state index contributed by atoms with van der Waals surface area (Å²) in [6, 6.07) is 32.9. The summed E-state index contributed by atoms with van der Waals surface area (Å²) in [7, 11) is 0. The van der Waals surface area contributed by atoms with Gasteiger partial charge >= 0.3 is 17.9 Å². The molecule has 17 heteroatoms. The second-order valence-corrected chi connectivity index (χ2v) is 25.4. The second kappa shape index (κ2) is 40.1. The van der Waals surface area contributed by atoms with Crippen molar-refractivity contribution >= 4 is 35.4 Å². The molecule has 0 fully saturated rings. The zero-order chi connectivity index (χ0) is 65.1. The number of nitrogens with two attached hydrogens (primary N) is 1. The van der Waals surface area contributed by atoms with Gasteiger partial charge in [-0.3, -0.25) is 28.8 Å². The molecule has 0 heterocycles. The molecular weight excluding hydrogens is 1110 g/mol. The number of ether oxygens (including phenoxy) is 8. The number of carboxylic acids is 1. The lowest BCUT2D eigenvalue weighted by molar-refractivity contribution is -0.162. The number of carboxylic acid groups (broad SMARTS) is 1. The molecule has 0 spiro atoms. The Morgan fingerprint density at radius 3 is 1.16 bits per heavy atom. The van der Waals surface area contributed by atoms with Crippen molar-refractivity contribution in [1.82, 2.24) is 5.32 Å². The van der Waals surface area contributed by atoms with Crippen LogP contribution in [-0.2, 0) is 82.9 Å². The summed E-state index contributed by atoms with van der Waals surface area (Å²) in [6.45, 7) is 30.7. The van der Waals surface area contributed by atoms with Crippen LogP contribution in [0.1, 0.15) is 158 Å². The van der Waals surface area contributed by atoms with Gasteiger partial charge in [-0.2, -0.15) is 0 Å². The van der Waals surface area contributed by atoms with Crippen LogP contribution in [0.5, 0.6) is 11.5 Å². The minimum Gasteiger partial charge on any atom is -0.488 e. The summed E-state index contributed by atoms with van der Waals surface area (Å²) in [6.07, 6.45) is 3.56. The molecule has 4 rings (SSSR count). The van der Waals surface area contributed by atoms with Gasteiger partial charge in [0.2, 0.25) is 5.91 Å². The first-order chi connectivity index (χ1) is 40.8. The van der Waals surface area contributed by atoms with Gasteiger partial charge in [-0.1, -0.05) is 98.8 Å². The van der Waals surface area contributed by atoms with E-state index in [4.69, 9.17) is 48.7 Å². The van der Waals surface area contributed by atoms with E-state index >= 15 is 0 Å². The fourth-order valence-electron chi connectivity index (χ4n) is 8.29. The van der Waals surface area contributed by atoms with Gasteiger partial charge in [0.1, 0.15) is 33.9 Å². The smallest absolute Gasteiger partial charge is 0.310 e. The fraction of sp³-hybridized carbons (Fsp3) is 0.571. The minimum atomic E-state index is -0.829. The van der Waals surface area contributed by atoms with Crippen molar-refractivity contribution in [2.45, 2.75) is 196 Å². The standard InChI is InChI=1S/C35H51NO7.C27H37NO4.C8H16O4/c1-8-19-40-21-22-41-20-18-32(38)36-30(24-26-12-10-9-11-13-26)31(37)25-28(33(39)43-35(5,6)7)23-27-14-16-29(17-15-27)42-34(2,3)4;1-26(2,3)31-22-14-12-20(13-15-22)16-21(25(30)32-27(4,5)6)18-24(29)23(28)17-19-10-8-7-9-11-19;1-2-4-11-6-7-12-5-3-8(9)10/h9-17,28,30H,8,18-25H2,1-7H3,(H,36,38);7-15,21,23H,16-18,28H2,1-6H3;2-7H2,1H3,(H,9,10)/t28-,30+;21-,23+;/m11./s1. The summed E-state index contributed by atoms with van der Waals surface area (Å²) in [5, 5.41) is 11.1. The van der Waals surface area contributed by atoms with Crippen molar-refractivity contribution < 1.29 is 71.8 Å². The highest BCUT2D eigenvalue weighted by Crippen LogP contribution is 2.26. The normalized spacial score (nSPS) is 13.0. The molecule has 0 aliphatic heterocycles. The number of hydrogen-bond acceptors (Lipinski definition) is 15. The Labute approximate surface area is 519 Å². The van der Waals surface area contributed by atoms with Crippen LogP contribution in [0.4, 0.5) is 0 Å². The molecule has 0 saturated carbocycles. The lowest BCUT2D eigenvalue weighted by Crippen LogP contribution is -2.44. The predicted molar refractivity (Wildman–Crippen MR) is 340 cm³/mol. The first kappa shape index (κ1) is 76.6. The van der Waals surface area contributed by atoms with Gasteiger partial charge in [0.25, 0.3) is 0 Å². The summed E-state index contributed by atoms with van der Waals surface area (Å²) >= 11 is 0. The number of carbonyl (C=O) groups is 6. The van der Waals surface area contributed by atoms with Crippen molar-refractivity contribution in [3.8, 4) is 11.5 Å². The SMILES string of the molecule is CC(C)(C)OC(=O)[C@@H](CC(=O)[C@@H](N)Cc1ccccc1)Cc1ccc(OC(C)(C)C)cc1.CCCOCCOCCC(=O)N[C@@H](Cc1ccccc1)C(=O)C[C@@H](Cc1ccc(OC(C)(C)C)cc1)C(=O)OC(C)(C)C.CCCOCCOCCC(=O)O. The molecule has 484 valence electrons. The maximum Gasteiger partial charge on any atom is 0.310 e. The minimum absolute atomic E-state index is 0.0448. The Kier molecular flexibility index (Phi) is 35.3. The molecule has 0 saturated heterocycles. The van der Waals surface area contributed by atoms with Crippen LogP contribution in [0.15, 0.2) is 109 Å². The maximum absolute atomic E-state index is 13.8. The highest BCUT2D eigenvalue weighted by molar-refractivity contribution is 5.92. The topological polar surface area (TPSA) is 235 Å². The highest BCUT2D eigenvalue weighted by atomic mass is 16.6. The third-order valence-corrected chi connectivity index (χ3v) is 12.1. The third kappa shape index (κ3) is 38.4. The van der Waals surface area contributed by atoms with E-state index in [9.17, 15) is 28.8 Å². The molecule has 4 aromatic rings. The molecule has 1 amide bonds. The van der Waals surface area contributed by atoms with Crippen LogP contribution in [0.3, 0.4) is 0 Å². The van der Waals surface area contributed by atoms with Gasteiger partial charge in [-0.25, -0.2) is 0 Å². The van der Waals surface area contributed by atoms with Crippen molar-refractivity contribution in [3.63, 3.8) is 0 Å². The number of ketones is 2. The Balaban J connectivity index is 0.000000512. The van der Waals surface area contributed by atoms with Crippen molar-refractivity contribution in [3.05, 3.63) is 131 Å². The Bertz CT molecular complexity index is 2580. The van der Waals surface area contributed by atoms with E-state index in [0.29, 0.717) is 58.7 Å². The molecule has 4 aromatic carbocycles. The van der Waals surface area contributed by atoms with Crippen LogP contribution >= 0.6 is 0 Å². The largest absolute Gasteiger partial charge is 0.488 e. The molecule has 87 heavy (non-hydrogen) atoms. The van der Waals surface area contributed by atoms with Gasteiger partial charge in [0, 0.05) is 32.5 Å². The number of nitrogens with one attached hydrogen (secondary N) is 1. The summed E-state index contributed by atoms with van der Waals surface area (Å²) in [4.78, 5) is 75.7. The maximum atomic E-state index is 13.8.